The van der Waals surface area contributed by atoms with Crippen LogP contribution in [0.15, 0.2) is 58.3 Å². The zero-order chi connectivity index (χ0) is 16.8. The maximum absolute atomic E-state index is 10.0. The van der Waals surface area contributed by atoms with E-state index in [0.717, 1.165) is 10.7 Å². The van der Waals surface area contributed by atoms with Gasteiger partial charge in [0.15, 0.2) is 16.7 Å². The molecular weight excluding hydrogens is 326 g/mol. The van der Waals surface area contributed by atoms with Crippen molar-refractivity contribution in [1.29, 1.82) is 0 Å². The second-order valence-corrected chi connectivity index (χ2v) is 6.30. The minimum atomic E-state index is -0.567. The number of ether oxygens (including phenoxy) is 1. The molecule has 0 aliphatic heterocycles. The Morgan fingerprint density at radius 2 is 2.04 bits per heavy atom. The monoisotopic (exact) mass is 345 g/mol. The van der Waals surface area contributed by atoms with Gasteiger partial charge < -0.3 is 18.8 Å². The predicted molar refractivity (Wildman–Crippen MR) is 91.5 cm³/mol. The van der Waals surface area contributed by atoms with Crippen molar-refractivity contribution in [2.45, 2.75) is 17.9 Å². The minimum absolute atomic E-state index is 0.283. The lowest BCUT2D eigenvalue weighted by atomic mass is 10.2. The topological polar surface area (TPSA) is 73.3 Å². The van der Waals surface area contributed by atoms with Crippen LogP contribution in [0, 0.1) is 0 Å². The molecule has 2 aromatic heterocycles. The van der Waals surface area contributed by atoms with Gasteiger partial charge in [-0.25, -0.2) is 0 Å². The number of hydrogen-bond donors (Lipinski definition) is 1. The molecule has 0 radical (unpaired) electrons. The normalized spacial score (nSPS) is 12.4. The van der Waals surface area contributed by atoms with Crippen LogP contribution in [0.25, 0.3) is 11.6 Å². The molecule has 1 atom stereocenters. The third kappa shape index (κ3) is 4.25. The smallest absolute Gasteiger partial charge is 0.200 e. The number of nitrogens with zero attached hydrogens (tertiary/aromatic N) is 3. The van der Waals surface area contributed by atoms with Crippen LogP contribution in [-0.4, -0.2) is 38.3 Å². The predicted octanol–water partition coefficient (Wildman–Crippen LogP) is 2.74. The van der Waals surface area contributed by atoms with Gasteiger partial charge in [-0.15, -0.1) is 10.2 Å². The molecule has 126 valence electrons. The molecule has 2 heterocycles. The third-order valence-corrected chi connectivity index (χ3v) is 4.57. The summed E-state index contributed by atoms with van der Waals surface area (Å²) >= 11 is 1.44. The van der Waals surface area contributed by atoms with Gasteiger partial charge in [0.25, 0.3) is 0 Å². The number of rotatable bonds is 8. The molecule has 0 aliphatic carbocycles. The van der Waals surface area contributed by atoms with Crippen molar-refractivity contribution >= 4 is 11.8 Å². The maximum Gasteiger partial charge on any atom is 0.200 e. The lowest BCUT2D eigenvalue weighted by Crippen LogP contribution is -2.18. The first-order valence-corrected chi connectivity index (χ1v) is 8.58. The molecule has 0 bridgehead atoms. The molecule has 0 spiro atoms. The van der Waals surface area contributed by atoms with Crippen molar-refractivity contribution in [1.82, 2.24) is 14.8 Å². The van der Waals surface area contributed by atoms with E-state index in [2.05, 4.69) is 10.2 Å². The molecule has 7 heteroatoms. The van der Waals surface area contributed by atoms with Gasteiger partial charge in [-0.1, -0.05) is 42.1 Å². The fourth-order valence-electron chi connectivity index (χ4n) is 2.17. The summed E-state index contributed by atoms with van der Waals surface area (Å²) in [6.07, 6.45) is 1.03. The number of furan rings is 1. The van der Waals surface area contributed by atoms with Crippen LogP contribution < -0.4 is 0 Å². The van der Waals surface area contributed by atoms with Gasteiger partial charge in [-0.2, -0.15) is 0 Å². The summed E-state index contributed by atoms with van der Waals surface area (Å²) in [4.78, 5) is 0. The summed E-state index contributed by atoms with van der Waals surface area (Å²) in [7, 11) is 1.87. The van der Waals surface area contributed by atoms with Crippen molar-refractivity contribution in [3.05, 3.63) is 54.3 Å². The molecule has 0 saturated heterocycles. The molecule has 24 heavy (non-hydrogen) atoms. The largest absolute Gasteiger partial charge is 0.461 e. The first-order valence-electron chi connectivity index (χ1n) is 7.60. The first kappa shape index (κ1) is 16.8. The van der Waals surface area contributed by atoms with Crippen LogP contribution in [-0.2, 0) is 18.4 Å². The van der Waals surface area contributed by atoms with Gasteiger partial charge in [-0.3, -0.25) is 0 Å². The quantitative estimate of drug-likeness (QED) is 0.633. The number of hydrogen-bond acceptors (Lipinski definition) is 6. The molecule has 0 amide bonds. The molecule has 0 saturated carbocycles. The van der Waals surface area contributed by atoms with Gasteiger partial charge in [-0.05, 0) is 17.7 Å². The second-order valence-electron chi connectivity index (χ2n) is 5.31. The highest BCUT2D eigenvalue weighted by atomic mass is 32.2. The minimum Gasteiger partial charge on any atom is -0.461 e. The fraction of sp³-hybridized carbons (Fsp3) is 0.294. The molecule has 3 rings (SSSR count). The zero-order valence-electron chi connectivity index (χ0n) is 13.3. The molecule has 3 aromatic rings. The first-order chi connectivity index (χ1) is 11.7. The maximum atomic E-state index is 10.0. The lowest BCUT2D eigenvalue weighted by Gasteiger charge is -2.10. The van der Waals surface area contributed by atoms with E-state index in [1.165, 1.54) is 11.8 Å². The summed E-state index contributed by atoms with van der Waals surface area (Å²) in [5.74, 6) is 1.82. The average molecular weight is 345 g/mol. The Labute approximate surface area is 144 Å². The number of aliphatic hydroxyl groups is 1. The van der Waals surface area contributed by atoms with E-state index < -0.39 is 6.10 Å². The summed E-state index contributed by atoms with van der Waals surface area (Å²) in [5, 5.41) is 19.0. The Balaban J connectivity index is 1.45. The Hall–Kier alpha value is -2.09. The summed E-state index contributed by atoms with van der Waals surface area (Å²) in [6, 6.07) is 13.5. The molecule has 1 aromatic carbocycles. The molecule has 0 aliphatic rings. The fourth-order valence-corrected chi connectivity index (χ4v) is 2.98. The Morgan fingerprint density at radius 3 is 2.79 bits per heavy atom. The molecule has 1 N–H and O–H groups in total. The Kier molecular flexibility index (Phi) is 5.68. The van der Waals surface area contributed by atoms with Gasteiger partial charge in [0.05, 0.1) is 25.6 Å². The van der Waals surface area contributed by atoms with E-state index in [9.17, 15) is 5.11 Å². The highest BCUT2D eigenvalue weighted by molar-refractivity contribution is 7.99. The summed E-state index contributed by atoms with van der Waals surface area (Å²) in [5.41, 5.74) is 1.09. The van der Waals surface area contributed by atoms with Gasteiger partial charge >= 0.3 is 0 Å². The van der Waals surface area contributed by atoms with Crippen molar-refractivity contribution in [3.8, 4) is 11.6 Å². The third-order valence-electron chi connectivity index (χ3n) is 3.40. The molecule has 0 fully saturated rings. The van der Waals surface area contributed by atoms with E-state index >= 15 is 0 Å². The number of aromatic nitrogens is 3. The van der Waals surface area contributed by atoms with E-state index in [4.69, 9.17) is 9.15 Å². The standard InChI is InChI=1S/C17H19N3O3S/c1-20-16(15-8-5-9-23-15)18-19-17(20)24-12-14(21)11-22-10-13-6-3-2-4-7-13/h2-9,14,21H,10-12H2,1H3. The van der Waals surface area contributed by atoms with Crippen molar-refractivity contribution in [3.63, 3.8) is 0 Å². The highest BCUT2D eigenvalue weighted by Crippen LogP contribution is 2.23. The molecular formula is C17H19N3O3S. The summed E-state index contributed by atoms with van der Waals surface area (Å²) < 4.78 is 12.7. The van der Waals surface area contributed by atoms with E-state index in [0.29, 0.717) is 23.9 Å². The summed E-state index contributed by atoms with van der Waals surface area (Å²) in [6.45, 7) is 0.778. The number of thioether (sulfide) groups is 1. The highest BCUT2D eigenvalue weighted by Gasteiger charge is 2.14. The van der Waals surface area contributed by atoms with Crippen molar-refractivity contribution in [2.75, 3.05) is 12.4 Å². The van der Waals surface area contributed by atoms with Crippen LogP contribution in [0.1, 0.15) is 5.56 Å². The van der Waals surface area contributed by atoms with Gasteiger partial charge in [0, 0.05) is 12.8 Å². The molecule has 6 nitrogen and oxygen atoms in total. The van der Waals surface area contributed by atoms with Crippen LogP contribution in [0.5, 0.6) is 0 Å². The Bertz CT molecular complexity index is 744. The lowest BCUT2D eigenvalue weighted by molar-refractivity contribution is 0.0397. The molecule has 1 unspecified atom stereocenters. The van der Waals surface area contributed by atoms with E-state index in [1.807, 2.05) is 54.1 Å². The van der Waals surface area contributed by atoms with Crippen molar-refractivity contribution in [2.24, 2.45) is 7.05 Å². The number of aliphatic hydroxyl groups excluding tert-OH is 1. The van der Waals surface area contributed by atoms with E-state index in [1.54, 1.807) is 6.26 Å². The second kappa shape index (κ2) is 8.14. The van der Waals surface area contributed by atoms with Crippen LogP contribution in [0.3, 0.4) is 0 Å². The van der Waals surface area contributed by atoms with Gasteiger partial charge in [0.2, 0.25) is 0 Å². The zero-order valence-corrected chi connectivity index (χ0v) is 14.1. The average Bonchev–Trinajstić information content (AvgIpc) is 3.24. The van der Waals surface area contributed by atoms with Crippen LogP contribution in [0.4, 0.5) is 0 Å². The van der Waals surface area contributed by atoms with Crippen LogP contribution >= 0.6 is 11.8 Å². The SMILES string of the molecule is Cn1c(SCC(O)COCc2ccccc2)nnc1-c1ccco1. The number of benzene rings is 1. The van der Waals surface area contributed by atoms with E-state index in [-0.39, 0.29) is 6.61 Å². The van der Waals surface area contributed by atoms with Gasteiger partial charge in [0.1, 0.15) is 0 Å². The van der Waals surface area contributed by atoms with Crippen LogP contribution in [0.2, 0.25) is 0 Å². The Morgan fingerprint density at radius 1 is 1.21 bits per heavy atom. The van der Waals surface area contributed by atoms with Crippen molar-refractivity contribution < 1.29 is 14.3 Å².